The van der Waals surface area contributed by atoms with Crippen LogP contribution in [-0.4, -0.2) is 16.0 Å². The average molecular weight is 352 g/mol. The Labute approximate surface area is 127 Å². The molecule has 2 rings (SSSR count). The number of halogens is 1. The number of nitro groups is 1. The van der Waals surface area contributed by atoms with E-state index in [1.807, 2.05) is 0 Å². The highest BCUT2D eigenvalue weighted by Gasteiger charge is 2.10. The van der Waals surface area contributed by atoms with Gasteiger partial charge in [0, 0.05) is 11.6 Å². The molecule has 0 aromatic heterocycles. The Morgan fingerprint density at radius 1 is 1.33 bits per heavy atom. The van der Waals surface area contributed by atoms with Gasteiger partial charge in [0.15, 0.2) is 5.84 Å². The molecule has 0 atom stereocenters. The molecule has 0 aliphatic heterocycles. The van der Waals surface area contributed by atoms with E-state index in [9.17, 15) is 10.1 Å². The minimum Gasteiger partial charge on any atom is -0.456 e. The summed E-state index contributed by atoms with van der Waals surface area (Å²) in [5.41, 5.74) is 5.93. The fourth-order valence-corrected chi connectivity index (χ4v) is 2.05. The largest absolute Gasteiger partial charge is 0.456 e. The molecule has 0 fully saturated rings. The number of benzene rings is 2. The molecule has 0 heterocycles. The van der Waals surface area contributed by atoms with Crippen LogP contribution in [0.3, 0.4) is 0 Å². The summed E-state index contributed by atoms with van der Waals surface area (Å²) < 4.78 is 6.14. The summed E-state index contributed by atoms with van der Waals surface area (Å²) in [6.07, 6.45) is 0. The lowest BCUT2D eigenvalue weighted by Gasteiger charge is -2.09. The first-order valence-electron chi connectivity index (χ1n) is 5.71. The van der Waals surface area contributed by atoms with E-state index >= 15 is 0 Å². The van der Waals surface area contributed by atoms with Crippen LogP contribution in [-0.2, 0) is 0 Å². The van der Waals surface area contributed by atoms with Gasteiger partial charge >= 0.3 is 0 Å². The summed E-state index contributed by atoms with van der Waals surface area (Å²) in [6, 6.07) is 10.7. The van der Waals surface area contributed by atoms with E-state index < -0.39 is 4.92 Å². The first-order chi connectivity index (χ1) is 10.0. The number of amidine groups is 1. The predicted octanol–water partition coefficient (Wildman–Crippen LogP) is 3.24. The molecule has 0 radical (unpaired) electrons. The molecule has 21 heavy (non-hydrogen) atoms. The third-order valence-corrected chi connectivity index (χ3v) is 3.21. The van der Waals surface area contributed by atoms with Crippen LogP contribution in [0.5, 0.6) is 11.5 Å². The zero-order valence-electron chi connectivity index (χ0n) is 10.6. The van der Waals surface area contributed by atoms with E-state index in [1.165, 1.54) is 18.2 Å². The lowest BCUT2D eigenvalue weighted by molar-refractivity contribution is -0.384. The summed E-state index contributed by atoms with van der Waals surface area (Å²) in [6.45, 7) is 0. The van der Waals surface area contributed by atoms with Crippen molar-refractivity contribution in [1.29, 1.82) is 0 Å². The molecule has 0 bridgehead atoms. The Balaban J connectivity index is 2.28. The van der Waals surface area contributed by atoms with Crippen molar-refractivity contribution in [3.63, 3.8) is 0 Å². The summed E-state index contributed by atoms with van der Waals surface area (Å²) in [5, 5.41) is 22.2. The van der Waals surface area contributed by atoms with E-state index in [-0.39, 0.29) is 11.5 Å². The second-order valence-corrected chi connectivity index (χ2v) is 4.84. The van der Waals surface area contributed by atoms with Gasteiger partial charge in [-0.25, -0.2) is 0 Å². The highest BCUT2D eigenvalue weighted by Crippen LogP contribution is 2.31. The van der Waals surface area contributed by atoms with Crippen LogP contribution in [0.15, 0.2) is 52.1 Å². The van der Waals surface area contributed by atoms with Crippen molar-refractivity contribution >= 4 is 27.5 Å². The molecular formula is C13H10BrN3O4. The van der Waals surface area contributed by atoms with Crippen molar-refractivity contribution < 1.29 is 14.9 Å². The molecule has 108 valence electrons. The number of hydrogen-bond donors (Lipinski definition) is 2. The monoisotopic (exact) mass is 351 g/mol. The average Bonchev–Trinajstić information content (AvgIpc) is 2.48. The van der Waals surface area contributed by atoms with Crippen molar-refractivity contribution in [2.75, 3.05) is 0 Å². The lowest BCUT2D eigenvalue weighted by atomic mass is 10.2. The maximum atomic E-state index is 10.7. The molecule has 0 unspecified atom stereocenters. The van der Waals surface area contributed by atoms with Crippen LogP contribution < -0.4 is 10.5 Å². The predicted molar refractivity (Wildman–Crippen MR) is 79.8 cm³/mol. The van der Waals surface area contributed by atoms with Crippen molar-refractivity contribution in [3.05, 3.63) is 62.6 Å². The van der Waals surface area contributed by atoms with Gasteiger partial charge in [0.25, 0.3) is 5.69 Å². The van der Waals surface area contributed by atoms with Gasteiger partial charge < -0.3 is 15.7 Å². The topological polar surface area (TPSA) is 111 Å². The van der Waals surface area contributed by atoms with Gasteiger partial charge in [-0.3, -0.25) is 10.1 Å². The number of nitro benzene ring substituents is 1. The van der Waals surface area contributed by atoms with Crippen LogP contribution in [0.1, 0.15) is 5.56 Å². The molecule has 8 heteroatoms. The van der Waals surface area contributed by atoms with Gasteiger partial charge in [-0.05, 0) is 40.2 Å². The van der Waals surface area contributed by atoms with E-state index in [0.717, 1.165) is 0 Å². The van der Waals surface area contributed by atoms with Crippen LogP contribution in [0, 0.1) is 10.1 Å². The second kappa shape index (κ2) is 6.23. The van der Waals surface area contributed by atoms with Crippen molar-refractivity contribution in [3.8, 4) is 11.5 Å². The van der Waals surface area contributed by atoms with Crippen molar-refractivity contribution in [2.24, 2.45) is 10.9 Å². The van der Waals surface area contributed by atoms with E-state index in [0.29, 0.717) is 21.5 Å². The maximum Gasteiger partial charge on any atom is 0.273 e. The Kier molecular flexibility index (Phi) is 4.39. The number of rotatable bonds is 4. The molecule has 0 saturated heterocycles. The number of non-ortho nitro benzene ring substituents is 1. The zero-order chi connectivity index (χ0) is 15.4. The number of nitrogens with zero attached hydrogens (tertiary/aromatic N) is 2. The van der Waals surface area contributed by atoms with Crippen LogP contribution in [0.4, 0.5) is 5.69 Å². The fourth-order valence-electron chi connectivity index (χ4n) is 1.59. The normalized spacial score (nSPS) is 11.2. The van der Waals surface area contributed by atoms with E-state index in [1.54, 1.807) is 24.3 Å². The first kappa shape index (κ1) is 14.8. The van der Waals surface area contributed by atoms with E-state index in [4.69, 9.17) is 15.7 Å². The van der Waals surface area contributed by atoms with Gasteiger partial charge in [0.2, 0.25) is 0 Å². The van der Waals surface area contributed by atoms with Crippen LogP contribution in [0.25, 0.3) is 0 Å². The van der Waals surface area contributed by atoms with E-state index in [2.05, 4.69) is 21.1 Å². The third kappa shape index (κ3) is 3.48. The Bertz CT molecular complexity index is 718. The van der Waals surface area contributed by atoms with Gasteiger partial charge in [-0.15, -0.1) is 0 Å². The Hall–Kier alpha value is -2.61. The molecule has 2 aromatic carbocycles. The molecule has 0 aliphatic carbocycles. The Morgan fingerprint density at radius 3 is 2.71 bits per heavy atom. The first-order valence-corrected chi connectivity index (χ1v) is 6.50. The minimum absolute atomic E-state index is 0.0300. The van der Waals surface area contributed by atoms with Gasteiger partial charge in [-0.2, -0.15) is 0 Å². The lowest BCUT2D eigenvalue weighted by Crippen LogP contribution is -2.12. The number of nitrogens with two attached hydrogens (primary N) is 1. The zero-order valence-corrected chi connectivity index (χ0v) is 12.1. The number of oxime groups is 1. The summed E-state index contributed by atoms with van der Waals surface area (Å²) in [7, 11) is 0. The summed E-state index contributed by atoms with van der Waals surface area (Å²) in [4.78, 5) is 10.2. The highest BCUT2D eigenvalue weighted by atomic mass is 79.9. The molecule has 0 aliphatic rings. The molecule has 3 N–H and O–H groups in total. The molecular weight excluding hydrogens is 342 g/mol. The van der Waals surface area contributed by atoms with Crippen molar-refractivity contribution in [1.82, 2.24) is 0 Å². The van der Waals surface area contributed by atoms with Gasteiger partial charge in [0.1, 0.15) is 11.5 Å². The van der Waals surface area contributed by atoms with Gasteiger partial charge in [0.05, 0.1) is 15.5 Å². The standard InChI is InChI=1S/C13H10BrN3O4/c14-11-6-8(13(15)16-18)4-5-12(11)21-10-3-1-2-9(7-10)17(19)20/h1-7,18H,(H2,15,16). The summed E-state index contributed by atoms with van der Waals surface area (Å²) >= 11 is 3.30. The maximum absolute atomic E-state index is 10.7. The molecule has 7 nitrogen and oxygen atoms in total. The summed E-state index contributed by atoms with van der Waals surface area (Å²) in [5.74, 6) is 0.754. The van der Waals surface area contributed by atoms with Crippen molar-refractivity contribution in [2.45, 2.75) is 0 Å². The molecule has 0 spiro atoms. The Morgan fingerprint density at radius 2 is 2.10 bits per heavy atom. The minimum atomic E-state index is -0.497. The second-order valence-electron chi connectivity index (χ2n) is 3.99. The SMILES string of the molecule is N/C(=N/O)c1ccc(Oc2cccc([N+](=O)[O-])c2)c(Br)c1. The number of ether oxygens (including phenoxy) is 1. The molecule has 0 saturated carbocycles. The fraction of sp³-hybridized carbons (Fsp3) is 0. The van der Waals surface area contributed by atoms with Crippen LogP contribution >= 0.6 is 15.9 Å². The number of hydrogen-bond acceptors (Lipinski definition) is 5. The van der Waals surface area contributed by atoms with Gasteiger partial charge in [-0.1, -0.05) is 11.2 Å². The molecule has 2 aromatic rings. The molecule has 0 amide bonds. The smallest absolute Gasteiger partial charge is 0.273 e. The quantitative estimate of drug-likeness (QED) is 0.288. The van der Waals surface area contributed by atoms with Crippen LogP contribution in [0.2, 0.25) is 0 Å². The third-order valence-electron chi connectivity index (χ3n) is 2.59. The highest BCUT2D eigenvalue weighted by molar-refractivity contribution is 9.10.